The van der Waals surface area contributed by atoms with E-state index in [-0.39, 0.29) is 11.4 Å². The van der Waals surface area contributed by atoms with Gasteiger partial charge >= 0.3 is 0 Å². The van der Waals surface area contributed by atoms with Gasteiger partial charge in [-0.3, -0.25) is 9.78 Å². The number of amides is 1. The molecule has 1 aromatic heterocycles. The first-order chi connectivity index (χ1) is 9.04. The number of hydrogen-bond donors (Lipinski definition) is 1. The van der Waals surface area contributed by atoms with Crippen LogP contribution in [0.2, 0.25) is 0 Å². The number of nitrogens with zero attached hydrogens (tertiary/aromatic N) is 1. The quantitative estimate of drug-likeness (QED) is 0.863. The Morgan fingerprint density at radius 3 is 2.79 bits per heavy atom. The summed E-state index contributed by atoms with van der Waals surface area (Å²) in [4.78, 5) is 16.4. The Morgan fingerprint density at radius 1 is 1.53 bits per heavy atom. The minimum absolute atomic E-state index is 0.0410. The van der Waals surface area contributed by atoms with Crippen molar-refractivity contribution >= 4 is 17.5 Å². The second-order valence-electron chi connectivity index (χ2n) is 5.74. The molecule has 1 saturated carbocycles. The highest BCUT2D eigenvalue weighted by atomic mass is 35.5. The van der Waals surface area contributed by atoms with Gasteiger partial charge in [-0.2, -0.15) is 0 Å². The van der Waals surface area contributed by atoms with Gasteiger partial charge in [0.15, 0.2) is 0 Å². The molecule has 0 saturated heterocycles. The number of alkyl halides is 1. The lowest BCUT2D eigenvalue weighted by atomic mass is 9.78. The first-order valence-corrected chi connectivity index (χ1v) is 7.39. The molecule has 1 aromatic rings. The molecule has 0 spiro atoms. The maximum atomic E-state index is 12.3. The van der Waals surface area contributed by atoms with Gasteiger partial charge in [-0.15, -0.1) is 11.6 Å². The summed E-state index contributed by atoms with van der Waals surface area (Å²) < 4.78 is 0. The van der Waals surface area contributed by atoms with Crippen molar-refractivity contribution in [2.45, 2.75) is 45.1 Å². The van der Waals surface area contributed by atoms with Crippen molar-refractivity contribution in [1.82, 2.24) is 10.3 Å². The zero-order valence-electron chi connectivity index (χ0n) is 11.6. The Bertz CT molecular complexity index is 453. The number of carbonyl (C=O) groups is 1. The van der Waals surface area contributed by atoms with E-state index >= 15 is 0 Å². The lowest BCUT2D eigenvalue weighted by molar-refractivity contribution is 0.0872. The summed E-state index contributed by atoms with van der Waals surface area (Å²) >= 11 is 6.12. The standard InChI is InChI=1S/C15H21ClN2O/c1-11-3-6-15(10-16,7-4-11)18-14(19)13-5-8-17-12(2)9-13/h5,8-9,11H,3-4,6-7,10H2,1-2H3,(H,18,19). The van der Waals surface area contributed by atoms with Crippen molar-refractivity contribution in [2.75, 3.05) is 5.88 Å². The molecule has 1 N–H and O–H groups in total. The minimum Gasteiger partial charge on any atom is -0.345 e. The van der Waals surface area contributed by atoms with Crippen LogP contribution in [-0.4, -0.2) is 22.3 Å². The fourth-order valence-corrected chi connectivity index (χ4v) is 2.94. The molecule has 1 aliphatic carbocycles. The summed E-state index contributed by atoms with van der Waals surface area (Å²) in [6.45, 7) is 4.14. The van der Waals surface area contributed by atoms with Gasteiger partial charge in [0.2, 0.25) is 0 Å². The van der Waals surface area contributed by atoms with Gasteiger partial charge in [-0.25, -0.2) is 0 Å². The number of carbonyl (C=O) groups excluding carboxylic acids is 1. The fourth-order valence-electron chi connectivity index (χ4n) is 2.61. The highest BCUT2D eigenvalue weighted by molar-refractivity contribution is 6.19. The Balaban J connectivity index is 2.08. The normalized spacial score (nSPS) is 27.0. The van der Waals surface area contributed by atoms with Gasteiger partial charge < -0.3 is 5.32 Å². The number of aromatic nitrogens is 1. The average Bonchev–Trinajstić information content (AvgIpc) is 2.42. The van der Waals surface area contributed by atoms with Crippen molar-refractivity contribution in [1.29, 1.82) is 0 Å². The first-order valence-electron chi connectivity index (χ1n) is 6.86. The van der Waals surface area contributed by atoms with Gasteiger partial charge in [0.05, 0.1) is 5.54 Å². The number of pyridine rings is 1. The largest absolute Gasteiger partial charge is 0.345 e. The molecular weight excluding hydrogens is 260 g/mol. The van der Waals surface area contributed by atoms with Crippen LogP contribution >= 0.6 is 11.6 Å². The van der Waals surface area contributed by atoms with Crippen molar-refractivity contribution in [3.8, 4) is 0 Å². The van der Waals surface area contributed by atoms with Gasteiger partial charge in [0.1, 0.15) is 0 Å². The second kappa shape index (κ2) is 5.91. The van der Waals surface area contributed by atoms with Crippen LogP contribution in [0.25, 0.3) is 0 Å². The van der Waals surface area contributed by atoms with E-state index in [1.807, 2.05) is 13.0 Å². The second-order valence-corrected chi connectivity index (χ2v) is 6.00. The highest BCUT2D eigenvalue weighted by Gasteiger charge is 2.35. The van der Waals surface area contributed by atoms with E-state index in [1.54, 1.807) is 12.3 Å². The lowest BCUT2D eigenvalue weighted by Crippen LogP contribution is -2.52. The number of hydrogen-bond acceptors (Lipinski definition) is 2. The van der Waals surface area contributed by atoms with Gasteiger partial charge in [-0.05, 0) is 50.7 Å². The Morgan fingerprint density at radius 2 is 2.21 bits per heavy atom. The van der Waals surface area contributed by atoms with E-state index in [1.165, 1.54) is 0 Å². The van der Waals surface area contributed by atoms with Gasteiger partial charge in [0, 0.05) is 23.3 Å². The number of nitrogens with one attached hydrogen (secondary N) is 1. The van der Waals surface area contributed by atoms with Crippen LogP contribution in [0.15, 0.2) is 18.3 Å². The summed E-state index contributed by atoms with van der Waals surface area (Å²) in [7, 11) is 0. The molecule has 1 heterocycles. The average molecular weight is 281 g/mol. The van der Waals surface area contributed by atoms with Crippen LogP contribution in [0.3, 0.4) is 0 Å². The predicted octanol–water partition coefficient (Wildman–Crippen LogP) is 3.31. The molecule has 3 nitrogen and oxygen atoms in total. The van der Waals surface area contributed by atoms with Crippen LogP contribution in [0, 0.1) is 12.8 Å². The molecule has 0 atom stereocenters. The number of halogens is 1. The van der Waals surface area contributed by atoms with Gasteiger partial charge in [0.25, 0.3) is 5.91 Å². The van der Waals surface area contributed by atoms with Crippen molar-refractivity contribution in [3.05, 3.63) is 29.6 Å². The van der Waals surface area contributed by atoms with E-state index < -0.39 is 0 Å². The molecule has 0 aromatic carbocycles. The summed E-state index contributed by atoms with van der Waals surface area (Å²) in [6, 6.07) is 3.55. The monoisotopic (exact) mass is 280 g/mol. The molecular formula is C15H21ClN2O. The smallest absolute Gasteiger partial charge is 0.251 e. The summed E-state index contributed by atoms with van der Waals surface area (Å²) in [5.74, 6) is 1.17. The summed E-state index contributed by atoms with van der Waals surface area (Å²) in [6.07, 6.45) is 5.85. The molecule has 0 radical (unpaired) electrons. The zero-order chi connectivity index (χ0) is 13.9. The molecule has 0 unspecified atom stereocenters. The molecule has 1 fully saturated rings. The third-order valence-corrected chi connectivity index (χ3v) is 4.54. The third-order valence-electron chi connectivity index (χ3n) is 4.02. The Labute approximate surface area is 119 Å². The van der Waals surface area contributed by atoms with Crippen molar-refractivity contribution < 1.29 is 4.79 Å². The number of aryl methyl sites for hydroxylation is 1. The van der Waals surface area contributed by atoms with Gasteiger partial charge in [-0.1, -0.05) is 6.92 Å². The van der Waals surface area contributed by atoms with Crippen LogP contribution in [0.1, 0.15) is 48.7 Å². The molecule has 104 valence electrons. The zero-order valence-corrected chi connectivity index (χ0v) is 12.3. The first kappa shape index (κ1) is 14.3. The maximum absolute atomic E-state index is 12.3. The molecule has 4 heteroatoms. The van der Waals surface area contributed by atoms with E-state index in [4.69, 9.17) is 11.6 Å². The van der Waals surface area contributed by atoms with E-state index in [0.717, 1.165) is 37.3 Å². The molecule has 19 heavy (non-hydrogen) atoms. The van der Waals surface area contributed by atoms with E-state index in [2.05, 4.69) is 17.2 Å². The Hall–Kier alpha value is -1.09. The molecule has 1 aliphatic rings. The third kappa shape index (κ3) is 3.47. The number of rotatable bonds is 3. The lowest BCUT2D eigenvalue weighted by Gasteiger charge is -2.38. The van der Waals surface area contributed by atoms with Crippen LogP contribution in [0.4, 0.5) is 0 Å². The van der Waals surface area contributed by atoms with E-state index in [0.29, 0.717) is 11.4 Å². The van der Waals surface area contributed by atoms with Crippen LogP contribution in [-0.2, 0) is 0 Å². The summed E-state index contributed by atoms with van der Waals surface area (Å²) in [5, 5.41) is 3.15. The topological polar surface area (TPSA) is 42.0 Å². The van der Waals surface area contributed by atoms with Crippen LogP contribution in [0.5, 0.6) is 0 Å². The summed E-state index contributed by atoms with van der Waals surface area (Å²) in [5.41, 5.74) is 1.28. The molecule has 0 bridgehead atoms. The Kier molecular flexibility index (Phi) is 4.46. The van der Waals surface area contributed by atoms with Crippen molar-refractivity contribution in [2.24, 2.45) is 5.92 Å². The SMILES string of the molecule is Cc1cc(C(=O)NC2(CCl)CCC(C)CC2)ccn1. The highest BCUT2D eigenvalue weighted by Crippen LogP contribution is 2.33. The molecule has 0 aliphatic heterocycles. The maximum Gasteiger partial charge on any atom is 0.251 e. The molecule has 2 rings (SSSR count). The minimum atomic E-state index is -0.234. The van der Waals surface area contributed by atoms with Crippen molar-refractivity contribution in [3.63, 3.8) is 0 Å². The molecule has 1 amide bonds. The predicted molar refractivity (Wildman–Crippen MR) is 77.5 cm³/mol. The van der Waals surface area contributed by atoms with Crippen LogP contribution < -0.4 is 5.32 Å². The fraction of sp³-hybridized carbons (Fsp3) is 0.600. The van der Waals surface area contributed by atoms with E-state index in [9.17, 15) is 4.79 Å².